The van der Waals surface area contributed by atoms with Crippen molar-refractivity contribution in [1.29, 1.82) is 0 Å². The number of hydrogen-bond acceptors (Lipinski definition) is 5. The average molecular weight is 399 g/mol. The minimum atomic E-state index is -0.764. The van der Waals surface area contributed by atoms with E-state index in [1.807, 2.05) is 85.8 Å². The number of hydrogen-bond donors (Lipinski definition) is 1. The normalized spacial score (nSPS) is 11.7. The topological polar surface area (TPSA) is 81.9 Å². The maximum atomic E-state index is 13.2. The number of tetrazole rings is 1. The molecule has 1 amide bonds. The predicted octanol–water partition coefficient (Wildman–Crippen LogP) is 3.89. The van der Waals surface area contributed by atoms with E-state index in [0.717, 1.165) is 16.7 Å². The molecule has 1 atom stereocenters. The van der Waals surface area contributed by atoms with Crippen molar-refractivity contribution in [2.75, 3.05) is 12.4 Å². The lowest BCUT2D eigenvalue weighted by atomic mass is 10.1. The number of nitrogens with zero attached hydrogens (tertiary/aromatic N) is 4. The van der Waals surface area contributed by atoms with Crippen LogP contribution in [0.3, 0.4) is 0 Å². The quantitative estimate of drug-likeness (QED) is 0.532. The number of anilines is 1. The lowest BCUT2D eigenvalue weighted by Gasteiger charge is -2.16. The van der Waals surface area contributed by atoms with Gasteiger partial charge in [0.25, 0.3) is 5.91 Å². The largest absolute Gasteiger partial charge is 0.497 e. The number of carbonyl (C=O) groups excluding carboxylic acids is 1. The fourth-order valence-electron chi connectivity index (χ4n) is 3.08. The third kappa shape index (κ3) is 4.20. The van der Waals surface area contributed by atoms with Crippen LogP contribution in [0.5, 0.6) is 5.75 Å². The minimum absolute atomic E-state index is 0.250. The zero-order valence-electron chi connectivity index (χ0n) is 16.7. The lowest BCUT2D eigenvalue weighted by Crippen LogP contribution is -2.28. The van der Waals surface area contributed by atoms with E-state index in [1.165, 1.54) is 4.80 Å². The second-order valence-corrected chi connectivity index (χ2v) is 6.83. The number of amides is 1. The molecule has 150 valence electrons. The van der Waals surface area contributed by atoms with Gasteiger partial charge in [-0.2, -0.15) is 0 Å². The molecule has 0 spiro atoms. The first-order valence-corrected chi connectivity index (χ1v) is 9.50. The summed E-state index contributed by atoms with van der Waals surface area (Å²) in [6.45, 7) is 2.00. The van der Waals surface area contributed by atoms with Gasteiger partial charge in [-0.3, -0.25) is 4.79 Å². The lowest BCUT2D eigenvalue weighted by molar-refractivity contribution is -0.118. The van der Waals surface area contributed by atoms with E-state index in [0.29, 0.717) is 17.3 Å². The third-order valence-electron chi connectivity index (χ3n) is 4.67. The first-order chi connectivity index (χ1) is 14.6. The van der Waals surface area contributed by atoms with Crippen LogP contribution in [0.1, 0.15) is 17.2 Å². The fourth-order valence-corrected chi connectivity index (χ4v) is 3.08. The van der Waals surface area contributed by atoms with Gasteiger partial charge in [0, 0.05) is 11.3 Å². The molecule has 0 aliphatic rings. The summed E-state index contributed by atoms with van der Waals surface area (Å²) in [5.74, 6) is 0.859. The van der Waals surface area contributed by atoms with Crippen LogP contribution in [0.15, 0.2) is 78.9 Å². The summed E-state index contributed by atoms with van der Waals surface area (Å²) in [5, 5.41) is 15.8. The van der Waals surface area contributed by atoms with Gasteiger partial charge in [-0.05, 0) is 42.0 Å². The highest BCUT2D eigenvalue weighted by Gasteiger charge is 2.26. The molecule has 7 heteroatoms. The molecule has 1 heterocycles. The first kappa shape index (κ1) is 19.3. The summed E-state index contributed by atoms with van der Waals surface area (Å²) in [6.07, 6.45) is 0. The summed E-state index contributed by atoms with van der Waals surface area (Å²) >= 11 is 0. The summed E-state index contributed by atoms with van der Waals surface area (Å²) in [6, 6.07) is 23.6. The van der Waals surface area contributed by atoms with E-state index in [9.17, 15) is 4.79 Å². The first-order valence-electron chi connectivity index (χ1n) is 9.50. The molecule has 0 aliphatic heterocycles. The Morgan fingerprint density at radius 2 is 1.77 bits per heavy atom. The smallest absolute Gasteiger partial charge is 0.255 e. The molecule has 1 aromatic heterocycles. The van der Waals surface area contributed by atoms with Crippen molar-refractivity contribution in [2.24, 2.45) is 0 Å². The van der Waals surface area contributed by atoms with Gasteiger partial charge in [-0.25, -0.2) is 0 Å². The molecular weight excluding hydrogens is 378 g/mol. The summed E-state index contributed by atoms with van der Waals surface area (Å²) in [7, 11) is 1.60. The van der Waals surface area contributed by atoms with Crippen molar-refractivity contribution in [3.8, 4) is 17.1 Å². The molecule has 0 saturated heterocycles. The van der Waals surface area contributed by atoms with Crippen molar-refractivity contribution >= 4 is 11.6 Å². The molecule has 0 aliphatic carbocycles. The zero-order valence-corrected chi connectivity index (χ0v) is 16.7. The van der Waals surface area contributed by atoms with Crippen LogP contribution in [0.25, 0.3) is 11.4 Å². The Morgan fingerprint density at radius 1 is 1.00 bits per heavy atom. The van der Waals surface area contributed by atoms with Crippen molar-refractivity contribution in [3.63, 3.8) is 0 Å². The Bertz CT molecular complexity index is 1140. The molecular formula is C23H21N5O2. The Morgan fingerprint density at radius 3 is 2.50 bits per heavy atom. The fraction of sp³-hybridized carbons (Fsp3) is 0.130. The second-order valence-electron chi connectivity index (χ2n) is 6.83. The van der Waals surface area contributed by atoms with Gasteiger partial charge in [-0.1, -0.05) is 60.2 Å². The van der Waals surface area contributed by atoms with E-state index in [1.54, 1.807) is 7.11 Å². The summed E-state index contributed by atoms with van der Waals surface area (Å²) in [4.78, 5) is 14.5. The van der Waals surface area contributed by atoms with E-state index in [4.69, 9.17) is 4.74 Å². The van der Waals surface area contributed by atoms with Gasteiger partial charge in [0.05, 0.1) is 7.11 Å². The number of methoxy groups -OCH3 is 1. The van der Waals surface area contributed by atoms with Crippen LogP contribution < -0.4 is 10.1 Å². The highest BCUT2D eigenvalue weighted by atomic mass is 16.5. The summed E-state index contributed by atoms with van der Waals surface area (Å²) in [5.41, 5.74) is 3.34. The standard InChI is InChI=1S/C23H21N5O2/c1-16-11-13-19(14-12-16)24-23(29)21(17-7-4-3-5-8-17)28-26-22(25-27-28)18-9-6-10-20(15-18)30-2/h3-15,21H,1-2H3,(H,24,29)/t21-/m1/s1. The molecule has 0 fully saturated rings. The van der Waals surface area contributed by atoms with Gasteiger partial charge in [0.2, 0.25) is 5.82 Å². The van der Waals surface area contributed by atoms with Crippen LogP contribution >= 0.6 is 0 Å². The molecule has 30 heavy (non-hydrogen) atoms. The SMILES string of the molecule is COc1cccc(-c2nnn([C@@H](C(=O)Nc3ccc(C)cc3)c3ccccc3)n2)c1. The van der Waals surface area contributed by atoms with Crippen LogP contribution in [-0.4, -0.2) is 33.2 Å². The van der Waals surface area contributed by atoms with Crippen molar-refractivity contribution in [1.82, 2.24) is 20.2 Å². The second kappa shape index (κ2) is 8.57. The molecule has 1 N–H and O–H groups in total. The van der Waals surface area contributed by atoms with Gasteiger partial charge >= 0.3 is 0 Å². The van der Waals surface area contributed by atoms with Crippen LogP contribution in [0.2, 0.25) is 0 Å². The van der Waals surface area contributed by atoms with Gasteiger partial charge in [-0.15, -0.1) is 15.0 Å². The van der Waals surface area contributed by atoms with Crippen LogP contribution in [0.4, 0.5) is 5.69 Å². The van der Waals surface area contributed by atoms with E-state index < -0.39 is 6.04 Å². The van der Waals surface area contributed by atoms with Gasteiger partial charge in [0.15, 0.2) is 6.04 Å². The number of aryl methyl sites for hydroxylation is 1. The molecule has 4 aromatic rings. The number of benzene rings is 3. The molecule has 0 unspecified atom stereocenters. The number of ether oxygens (including phenoxy) is 1. The van der Waals surface area contributed by atoms with Gasteiger partial charge < -0.3 is 10.1 Å². The molecule has 3 aromatic carbocycles. The van der Waals surface area contributed by atoms with E-state index in [-0.39, 0.29) is 5.91 Å². The van der Waals surface area contributed by atoms with Crippen molar-refractivity contribution < 1.29 is 9.53 Å². The maximum Gasteiger partial charge on any atom is 0.255 e. The van der Waals surface area contributed by atoms with Crippen LogP contribution in [-0.2, 0) is 4.79 Å². The Labute approximate surface area is 174 Å². The molecule has 0 radical (unpaired) electrons. The highest BCUT2D eigenvalue weighted by Crippen LogP contribution is 2.23. The number of aromatic nitrogens is 4. The number of nitrogens with one attached hydrogen (secondary N) is 1. The Balaban J connectivity index is 1.67. The number of rotatable bonds is 6. The molecule has 4 rings (SSSR count). The summed E-state index contributed by atoms with van der Waals surface area (Å²) < 4.78 is 5.27. The number of carbonyl (C=O) groups is 1. The molecule has 7 nitrogen and oxygen atoms in total. The molecule has 0 bridgehead atoms. The predicted molar refractivity (Wildman–Crippen MR) is 114 cm³/mol. The minimum Gasteiger partial charge on any atom is -0.497 e. The third-order valence-corrected chi connectivity index (χ3v) is 4.67. The van der Waals surface area contributed by atoms with E-state index >= 15 is 0 Å². The van der Waals surface area contributed by atoms with Crippen molar-refractivity contribution in [2.45, 2.75) is 13.0 Å². The molecule has 0 saturated carbocycles. The highest BCUT2D eigenvalue weighted by molar-refractivity contribution is 5.95. The van der Waals surface area contributed by atoms with Crippen LogP contribution in [0, 0.1) is 6.92 Å². The Kier molecular flexibility index (Phi) is 5.52. The monoisotopic (exact) mass is 399 g/mol. The maximum absolute atomic E-state index is 13.2. The van der Waals surface area contributed by atoms with Crippen molar-refractivity contribution in [3.05, 3.63) is 90.0 Å². The Hall–Kier alpha value is -4.00. The van der Waals surface area contributed by atoms with E-state index in [2.05, 4.69) is 20.7 Å². The van der Waals surface area contributed by atoms with Gasteiger partial charge in [0.1, 0.15) is 5.75 Å². The zero-order chi connectivity index (χ0) is 20.9. The average Bonchev–Trinajstić information content (AvgIpc) is 3.26.